The first-order chi connectivity index (χ1) is 17.4. The van der Waals surface area contributed by atoms with Crippen molar-refractivity contribution < 1.29 is 13.9 Å². The van der Waals surface area contributed by atoms with E-state index in [0.29, 0.717) is 12.4 Å². The summed E-state index contributed by atoms with van der Waals surface area (Å²) in [6.45, 7) is 6.69. The van der Waals surface area contributed by atoms with Crippen LogP contribution in [0.15, 0.2) is 66.7 Å². The van der Waals surface area contributed by atoms with E-state index >= 15 is 0 Å². The van der Waals surface area contributed by atoms with E-state index in [9.17, 15) is 9.18 Å². The molecule has 1 heterocycles. The summed E-state index contributed by atoms with van der Waals surface area (Å²) in [5.41, 5.74) is 5.66. The molecule has 4 aromatic rings. The second-order valence-electron chi connectivity index (χ2n) is 8.93. The fourth-order valence-corrected chi connectivity index (χ4v) is 4.60. The van der Waals surface area contributed by atoms with E-state index in [1.165, 1.54) is 12.1 Å². The maximum atomic E-state index is 14.0. The van der Waals surface area contributed by atoms with Gasteiger partial charge in [-0.3, -0.25) is 4.79 Å². The summed E-state index contributed by atoms with van der Waals surface area (Å²) < 4.78 is 20.7. The van der Waals surface area contributed by atoms with Gasteiger partial charge in [0.15, 0.2) is 0 Å². The van der Waals surface area contributed by atoms with Crippen LogP contribution in [0.5, 0.6) is 0 Å². The Morgan fingerprint density at radius 2 is 1.83 bits per heavy atom. The number of ether oxygens (including phenoxy) is 1. The number of fused-ring (bicyclic) bond motifs is 1. The number of aromatic nitrogens is 2. The molecule has 0 N–H and O–H groups in total. The highest BCUT2D eigenvalue weighted by atomic mass is 19.1. The molecule has 0 bridgehead atoms. The lowest BCUT2D eigenvalue weighted by atomic mass is 10.0. The third-order valence-corrected chi connectivity index (χ3v) is 6.33. The van der Waals surface area contributed by atoms with Crippen LogP contribution in [0, 0.1) is 12.7 Å². The summed E-state index contributed by atoms with van der Waals surface area (Å²) in [5, 5.41) is 0. The number of anilines is 1. The largest absolute Gasteiger partial charge is 0.383 e. The second kappa shape index (κ2) is 11.3. The van der Waals surface area contributed by atoms with Crippen molar-refractivity contribution in [2.75, 3.05) is 18.6 Å². The number of methoxy groups -OCH3 is 1. The second-order valence-corrected chi connectivity index (χ2v) is 8.93. The van der Waals surface area contributed by atoms with E-state index in [2.05, 4.69) is 13.0 Å². The van der Waals surface area contributed by atoms with Crippen molar-refractivity contribution in [3.05, 3.63) is 95.1 Å². The van der Waals surface area contributed by atoms with Crippen LogP contribution >= 0.6 is 0 Å². The minimum Gasteiger partial charge on any atom is -0.383 e. The Bertz CT molecular complexity index is 1370. The molecule has 1 aromatic heterocycles. The molecule has 36 heavy (non-hydrogen) atoms. The molecule has 0 aliphatic rings. The zero-order valence-electron chi connectivity index (χ0n) is 21.2. The first kappa shape index (κ1) is 25.3. The smallest absolute Gasteiger partial charge is 0.247 e. The zero-order chi connectivity index (χ0) is 25.7. The number of hydrogen-bond acceptors (Lipinski definition) is 3. The quantitative estimate of drug-likeness (QED) is 0.280. The summed E-state index contributed by atoms with van der Waals surface area (Å²) in [6, 6.07) is 20.1. The molecule has 1 atom stereocenters. The van der Waals surface area contributed by atoms with Gasteiger partial charge in [0.2, 0.25) is 5.91 Å². The zero-order valence-corrected chi connectivity index (χ0v) is 21.2. The van der Waals surface area contributed by atoms with Gasteiger partial charge in [0.1, 0.15) is 18.2 Å². The van der Waals surface area contributed by atoms with E-state index in [4.69, 9.17) is 9.72 Å². The predicted octanol–water partition coefficient (Wildman–Crippen LogP) is 6.28. The first-order valence-corrected chi connectivity index (χ1v) is 12.2. The van der Waals surface area contributed by atoms with Gasteiger partial charge in [-0.2, -0.15) is 0 Å². The average molecular weight is 486 g/mol. The molecule has 4 rings (SSSR count). The number of halogens is 1. The monoisotopic (exact) mass is 485 g/mol. The molecular weight excluding hydrogens is 453 g/mol. The number of amides is 1. The Morgan fingerprint density at radius 3 is 2.56 bits per heavy atom. The third kappa shape index (κ3) is 5.39. The Hall–Kier alpha value is -3.77. The molecular formula is C30H32FN3O2. The molecule has 1 unspecified atom stereocenters. The van der Waals surface area contributed by atoms with E-state index in [1.807, 2.05) is 71.9 Å². The molecule has 0 aliphatic carbocycles. The Labute approximate surface area is 211 Å². The fraction of sp³-hybridized carbons (Fsp3) is 0.267. The van der Waals surface area contributed by atoms with E-state index in [0.717, 1.165) is 39.8 Å². The number of imidazole rings is 1. The molecule has 3 aromatic carbocycles. The predicted molar refractivity (Wildman–Crippen MR) is 144 cm³/mol. The van der Waals surface area contributed by atoms with Crippen LogP contribution in [0.4, 0.5) is 10.1 Å². The molecule has 0 spiro atoms. The molecule has 0 saturated carbocycles. The summed E-state index contributed by atoms with van der Waals surface area (Å²) in [5.74, 6) is 0.342. The maximum Gasteiger partial charge on any atom is 0.247 e. The van der Waals surface area contributed by atoms with E-state index in [1.54, 1.807) is 19.2 Å². The lowest BCUT2D eigenvalue weighted by molar-refractivity contribution is -0.119. The molecule has 0 saturated heterocycles. The number of para-hydroxylation sites is 3. The molecule has 186 valence electrons. The molecule has 1 amide bonds. The van der Waals surface area contributed by atoms with Crippen LogP contribution in [0.3, 0.4) is 0 Å². The lowest BCUT2D eigenvalue weighted by Crippen LogP contribution is -2.44. The van der Waals surface area contributed by atoms with Gasteiger partial charge >= 0.3 is 0 Å². The highest BCUT2D eigenvalue weighted by Crippen LogP contribution is 2.29. The van der Waals surface area contributed by atoms with Crippen molar-refractivity contribution in [2.45, 2.75) is 39.8 Å². The minimum absolute atomic E-state index is 0.0388. The number of rotatable bonds is 9. The van der Waals surface area contributed by atoms with Crippen LogP contribution in [0.1, 0.15) is 36.4 Å². The Kier molecular flexibility index (Phi) is 7.96. The SMILES string of the molecule is CCc1cccc(C)c1N(C(=O)Cn1c(/C=C/c2ccc(F)cc2)nc2ccccc21)C(C)COC. The van der Waals surface area contributed by atoms with Gasteiger partial charge in [-0.25, -0.2) is 9.37 Å². The van der Waals surface area contributed by atoms with Gasteiger partial charge in [-0.1, -0.05) is 55.5 Å². The Morgan fingerprint density at radius 1 is 1.08 bits per heavy atom. The summed E-state index contributed by atoms with van der Waals surface area (Å²) >= 11 is 0. The highest BCUT2D eigenvalue weighted by Gasteiger charge is 2.26. The first-order valence-electron chi connectivity index (χ1n) is 12.2. The summed E-state index contributed by atoms with van der Waals surface area (Å²) in [4.78, 5) is 20.7. The molecule has 0 fully saturated rings. The molecule has 0 radical (unpaired) electrons. The molecule has 0 aliphatic heterocycles. The average Bonchev–Trinajstić information content (AvgIpc) is 3.22. The van der Waals surface area contributed by atoms with Crippen LogP contribution in [0.25, 0.3) is 23.2 Å². The third-order valence-electron chi connectivity index (χ3n) is 6.33. The molecule has 5 nitrogen and oxygen atoms in total. The Balaban J connectivity index is 1.75. The highest BCUT2D eigenvalue weighted by molar-refractivity contribution is 5.96. The van der Waals surface area contributed by atoms with Crippen LogP contribution in [-0.4, -0.2) is 35.2 Å². The van der Waals surface area contributed by atoms with Gasteiger partial charge in [-0.15, -0.1) is 0 Å². The van der Waals surface area contributed by atoms with Crippen molar-refractivity contribution in [1.82, 2.24) is 9.55 Å². The van der Waals surface area contributed by atoms with Crippen molar-refractivity contribution in [1.29, 1.82) is 0 Å². The number of benzene rings is 3. The number of nitrogens with zero attached hydrogens (tertiary/aromatic N) is 3. The number of carbonyl (C=O) groups is 1. The lowest BCUT2D eigenvalue weighted by Gasteiger charge is -2.32. The van der Waals surface area contributed by atoms with Gasteiger partial charge < -0.3 is 14.2 Å². The molecule has 6 heteroatoms. The van der Waals surface area contributed by atoms with Crippen molar-refractivity contribution in [3.63, 3.8) is 0 Å². The van der Waals surface area contributed by atoms with Crippen molar-refractivity contribution in [3.8, 4) is 0 Å². The normalized spacial score (nSPS) is 12.4. The standard InChI is InChI=1S/C30H32FN3O2/c1-5-24-10-8-9-21(2)30(24)34(22(3)20-36-4)29(35)19-33-27-12-7-6-11-26(27)32-28(33)18-15-23-13-16-25(31)17-14-23/h6-18,22H,5,19-20H2,1-4H3/b18-15+. The summed E-state index contributed by atoms with van der Waals surface area (Å²) in [6.07, 6.45) is 4.57. The van der Waals surface area contributed by atoms with Gasteiger partial charge in [-0.05, 0) is 67.3 Å². The number of hydrogen-bond donors (Lipinski definition) is 0. The number of carbonyl (C=O) groups excluding carboxylic acids is 1. The number of aryl methyl sites for hydroxylation is 2. The van der Waals surface area contributed by atoms with Gasteiger partial charge in [0, 0.05) is 7.11 Å². The van der Waals surface area contributed by atoms with E-state index < -0.39 is 0 Å². The summed E-state index contributed by atoms with van der Waals surface area (Å²) in [7, 11) is 1.65. The van der Waals surface area contributed by atoms with Gasteiger partial charge in [0.25, 0.3) is 0 Å². The van der Waals surface area contributed by atoms with Gasteiger partial charge in [0.05, 0.1) is 29.4 Å². The van der Waals surface area contributed by atoms with Crippen molar-refractivity contribution >= 4 is 34.8 Å². The minimum atomic E-state index is -0.280. The van der Waals surface area contributed by atoms with Crippen LogP contribution in [-0.2, 0) is 22.5 Å². The topological polar surface area (TPSA) is 47.4 Å². The van der Waals surface area contributed by atoms with Crippen LogP contribution in [0.2, 0.25) is 0 Å². The van der Waals surface area contributed by atoms with Crippen molar-refractivity contribution in [2.24, 2.45) is 0 Å². The van der Waals surface area contributed by atoms with E-state index in [-0.39, 0.29) is 24.3 Å². The van der Waals surface area contributed by atoms with Crippen LogP contribution < -0.4 is 4.90 Å². The maximum absolute atomic E-state index is 14.0. The fourth-order valence-electron chi connectivity index (χ4n) is 4.60.